The smallest absolute Gasteiger partial charge is 0.143 e. The normalized spacial score (nSPS) is 20.0. The Morgan fingerprint density at radius 2 is 0.771 bits per heavy atom. The van der Waals surface area contributed by atoms with Gasteiger partial charge in [-0.3, -0.25) is 67.3 Å². The van der Waals surface area contributed by atoms with Crippen LogP contribution in [0.25, 0.3) is 11.1 Å². The summed E-state index contributed by atoms with van der Waals surface area (Å²) >= 11 is 0. The van der Waals surface area contributed by atoms with E-state index in [1.165, 1.54) is 45.9 Å². The maximum Gasteiger partial charge on any atom is 0.143 e. The monoisotopic (exact) mass is 1450 g/mol. The van der Waals surface area contributed by atoms with Gasteiger partial charge in [0, 0.05) is 177 Å². The van der Waals surface area contributed by atoms with Crippen molar-refractivity contribution in [1.82, 2.24) is 4.98 Å². The van der Waals surface area contributed by atoms with E-state index in [9.17, 15) is 62.3 Å². The van der Waals surface area contributed by atoms with Gasteiger partial charge < -0.3 is 4.98 Å². The van der Waals surface area contributed by atoms with E-state index < -0.39 is 65.1 Å². The number of carbonyl (C=O) groups excluding carboxylic acids is 13. The van der Waals surface area contributed by atoms with E-state index in [0.717, 1.165) is 81.3 Å². The molecule has 4 aliphatic rings. The number of rotatable bonds is 43. The first kappa shape index (κ1) is 88.4. The molecule has 5 rings (SSSR count). The molecule has 576 valence electrons. The van der Waals surface area contributed by atoms with Gasteiger partial charge in [-0.1, -0.05) is 110 Å². The van der Waals surface area contributed by atoms with E-state index in [-0.39, 0.29) is 170 Å². The molecule has 0 saturated heterocycles. The van der Waals surface area contributed by atoms with Gasteiger partial charge in [0.1, 0.15) is 75.2 Å². The van der Waals surface area contributed by atoms with Crippen molar-refractivity contribution in [3.8, 4) is 0 Å². The summed E-state index contributed by atoms with van der Waals surface area (Å²) < 4.78 is 0. The SMILES string of the molecule is CCCC(C)CC(=O)CC(C)CC(C)C(=O)CC(=O)C(C)CC(CC(=O)C(C)CC(=O)C(C)CC(=O)C(C)CC(=O)C(C)CC(=O)C(C)CC(=O)C(C)CC(=O)C(C)CC(=O)C(C)CC(=O)CC1C2=C(C)C3=NC(=C(C)c4[nH]c(c(C)c4C)C(C)=C4CC(=C(C)C(=N2)C1C)C(C)=C4C)C(C)=C3C)C(C)=O. The molecule has 0 aromatic carbocycles. The Kier molecular flexibility index (Phi) is 32.4. The standard InChI is InChI=1S/C89H127N3O13/c1-26-27-44(2)29-69(94)30-45(3)28-46(4)82(104)43-83(105)47(5)31-68(67(25)93)40-81(103)55(13)39-80(102)54(12)38-79(101)53(11)37-78(100)52(10)36-77(99)51(9)35-76(98)50(8)34-75(97)49(7)33-74(96)48(6)32-70(95)41-73-64(22)88-63(21)72-42-71(56(14)57(72)15)62(20)84-58(16)59(17)85(90-84)65(23)86-60(18)61(19)87(91-86)66(24)89(73)92-88/h44-55,64,68,73,90H,26-43H2,1-25H3. The fourth-order valence-corrected chi connectivity index (χ4v) is 16.2. The molecule has 3 aliphatic heterocycles. The Bertz CT molecular complexity index is 3890. The van der Waals surface area contributed by atoms with E-state index in [1.807, 2.05) is 6.92 Å². The number of carbonyl (C=O) groups is 13. The number of nitrogens with zero attached hydrogens (tertiary/aromatic N) is 2. The fraction of sp³-hybridized carbons (Fsp3) is 0.652. The highest BCUT2D eigenvalue weighted by Gasteiger charge is 2.40. The van der Waals surface area contributed by atoms with Gasteiger partial charge in [0.05, 0.1) is 17.8 Å². The van der Waals surface area contributed by atoms with Crippen molar-refractivity contribution in [1.29, 1.82) is 0 Å². The zero-order valence-electron chi connectivity index (χ0n) is 68.6. The fourth-order valence-electron chi connectivity index (χ4n) is 16.2. The van der Waals surface area contributed by atoms with Crippen LogP contribution in [0.4, 0.5) is 0 Å². The van der Waals surface area contributed by atoms with Crippen LogP contribution in [-0.2, 0) is 62.3 Å². The molecular formula is C89H127N3O13. The van der Waals surface area contributed by atoms with Crippen LogP contribution in [0.1, 0.15) is 297 Å². The summed E-state index contributed by atoms with van der Waals surface area (Å²) in [6.07, 6.45) is 2.85. The molecule has 16 heteroatoms. The number of nitrogens with one attached hydrogen (secondary N) is 1. The predicted molar refractivity (Wildman–Crippen MR) is 418 cm³/mol. The van der Waals surface area contributed by atoms with Crippen LogP contribution >= 0.6 is 0 Å². The van der Waals surface area contributed by atoms with Crippen molar-refractivity contribution < 1.29 is 62.3 Å². The lowest BCUT2D eigenvalue weighted by Gasteiger charge is -2.21. The van der Waals surface area contributed by atoms with Gasteiger partial charge in [-0.05, 0) is 174 Å². The molecule has 15 unspecified atom stereocenters. The number of hydrogen-bond acceptors (Lipinski definition) is 15. The zero-order valence-corrected chi connectivity index (χ0v) is 68.6. The number of aromatic nitrogens is 1. The summed E-state index contributed by atoms with van der Waals surface area (Å²) in [5.74, 6) is -11.1. The number of ketones is 13. The molecule has 1 aliphatic carbocycles. The van der Waals surface area contributed by atoms with Crippen molar-refractivity contribution in [2.75, 3.05) is 0 Å². The van der Waals surface area contributed by atoms with Crippen LogP contribution in [0.15, 0.2) is 66.0 Å². The maximum atomic E-state index is 14.4. The summed E-state index contributed by atoms with van der Waals surface area (Å²) in [4.78, 5) is 189. The second-order valence-corrected chi connectivity index (χ2v) is 33.5. The van der Waals surface area contributed by atoms with Crippen LogP contribution in [-0.4, -0.2) is 91.6 Å². The van der Waals surface area contributed by atoms with Gasteiger partial charge in [0.15, 0.2) is 0 Å². The van der Waals surface area contributed by atoms with E-state index in [0.29, 0.717) is 25.2 Å². The third kappa shape index (κ3) is 22.7. The molecule has 8 bridgehead atoms. The summed E-state index contributed by atoms with van der Waals surface area (Å²) in [7, 11) is 0. The van der Waals surface area contributed by atoms with E-state index >= 15 is 0 Å². The number of fused-ring (bicyclic) bond motifs is 6. The highest BCUT2D eigenvalue weighted by Crippen LogP contribution is 2.47. The van der Waals surface area contributed by atoms with Gasteiger partial charge in [-0.2, -0.15) is 0 Å². The minimum Gasteiger partial charge on any atom is -0.355 e. The number of H-pyrrole nitrogens is 1. The maximum absolute atomic E-state index is 14.4. The lowest BCUT2D eigenvalue weighted by molar-refractivity contribution is -0.135. The largest absolute Gasteiger partial charge is 0.355 e. The Labute approximate surface area is 627 Å². The van der Waals surface area contributed by atoms with Crippen molar-refractivity contribution in [2.45, 2.75) is 289 Å². The molecular weight excluding hydrogens is 1320 g/mol. The molecule has 105 heavy (non-hydrogen) atoms. The number of aliphatic imine (C=N–C) groups is 2. The first-order chi connectivity index (χ1) is 48.8. The molecule has 0 saturated carbocycles. The zero-order chi connectivity index (χ0) is 79.4. The number of aromatic amines is 1. The molecule has 15 atom stereocenters. The van der Waals surface area contributed by atoms with Crippen LogP contribution in [0.5, 0.6) is 0 Å². The van der Waals surface area contributed by atoms with Crippen LogP contribution in [0.3, 0.4) is 0 Å². The highest BCUT2D eigenvalue weighted by atomic mass is 16.2. The molecule has 1 aromatic heterocycles. The Hall–Kier alpha value is -7.23. The summed E-state index contributed by atoms with van der Waals surface area (Å²) in [6, 6.07) is 0. The molecule has 0 amide bonds. The first-order valence-electron chi connectivity index (χ1n) is 39.2. The van der Waals surface area contributed by atoms with Crippen molar-refractivity contribution >= 4 is 97.8 Å². The second kappa shape index (κ2) is 38.5. The van der Waals surface area contributed by atoms with Crippen molar-refractivity contribution in [2.24, 2.45) is 98.8 Å². The lowest BCUT2D eigenvalue weighted by Crippen LogP contribution is -2.28. The summed E-state index contributed by atoms with van der Waals surface area (Å²) in [5.41, 5.74) is 19.7. The number of hydrogen-bond donors (Lipinski definition) is 1. The third-order valence-corrected chi connectivity index (χ3v) is 24.4. The molecule has 0 radical (unpaired) electrons. The Balaban J connectivity index is 1.07. The van der Waals surface area contributed by atoms with Gasteiger partial charge in [0.25, 0.3) is 0 Å². The third-order valence-electron chi connectivity index (χ3n) is 24.4. The van der Waals surface area contributed by atoms with Crippen LogP contribution < -0.4 is 0 Å². The highest BCUT2D eigenvalue weighted by molar-refractivity contribution is 6.17. The minimum absolute atomic E-state index is 0.00241. The van der Waals surface area contributed by atoms with Gasteiger partial charge in [-0.15, -0.1) is 0 Å². The van der Waals surface area contributed by atoms with Crippen LogP contribution in [0.2, 0.25) is 0 Å². The summed E-state index contributed by atoms with van der Waals surface area (Å²) in [6.45, 7) is 47.5. The van der Waals surface area contributed by atoms with E-state index in [2.05, 4.69) is 95.0 Å². The van der Waals surface area contributed by atoms with Gasteiger partial charge in [0.2, 0.25) is 0 Å². The molecule has 4 heterocycles. The predicted octanol–water partition coefficient (Wildman–Crippen LogP) is 18.3. The average molecular weight is 1450 g/mol. The second-order valence-electron chi connectivity index (χ2n) is 33.5. The topological polar surface area (TPSA) is 262 Å². The molecule has 1 N–H and O–H groups in total. The van der Waals surface area contributed by atoms with E-state index in [4.69, 9.17) is 9.98 Å². The summed E-state index contributed by atoms with van der Waals surface area (Å²) in [5, 5.41) is 0. The average Bonchev–Trinajstić information content (AvgIpc) is 1.60. The molecule has 1 aromatic rings. The molecule has 0 spiro atoms. The number of Topliss-reactive ketones (excluding diaryl/α,β-unsaturated/α-hetero) is 13. The quantitative estimate of drug-likeness (QED) is 0.0597. The molecule has 16 nitrogen and oxygen atoms in total. The van der Waals surface area contributed by atoms with Crippen molar-refractivity contribution in [3.05, 3.63) is 78.5 Å². The minimum atomic E-state index is -0.794. The Morgan fingerprint density at radius 3 is 1.19 bits per heavy atom. The van der Waals surface area contributed by atoms with Gasteiger partial charge >= 0.3 is 0 Å². The van der Waals surface area contributed by atoms with E-state index in [1.54, 1.807) is 69.2 Å². The van der Waals surface area contributed by atoms with Gasteiger partial charge in [-0.25, -0.2) is 4.99 Å². The number of allylic oxidation sites excluding steroid dienone is 11. The lowest BCUT2D eigenvalue weighted by atomic mass is 9.80. The Morgan fingerprint density at radius 1 is 0.390 bits per heavy atom. The first-order valence-corrected chi connectivity index (χ1v) is 39.2. The van der Waals surface area contributed by atoms with Crippen molar-refractivity contribution in [3.63, 3.8) is 0 Å². The molecule has 0 fully saturated rings. The van der Waals surface area contributed by atoms with Crippen LogP contribution in [0, 0.1) is 103 Å².